The number of piperidine rings is 1. The van der Waals surface area contributed by atoms with E-state index in [1.165, 1.54) is 50.8 Å². The second-order valence-corrected chi connectivity index (χ2v) is 12.8. The van der Waals surface area contributed by atoms with Gasteiger partial charge in [-0.05, 0) is 38.9 Å². The van der Waals surface area contributed by atoms with Gasteiger partial charge in [0.2, 0.25) is 0 Å². The summed E-state index contributed by atoms with van der Waals surface area (Å²) in [4.78, 5) is 18.3. The Balaban J connectivity index is 0.000000500. The SMILES string of the molecule is C1CCNCC1.COc1nc(N2CC3(C2)SCc2sc(N)c(C#N)c23)c(C#N)c(N(C)C(C)c2cccnc2N)n1. The van der Waals surface area contributed by atoms with Gasteiger partial charge in [-0.2, -0.15) is 20.5 Å². The third-order valence-corrected chi connectivity index (χ3v) is 10.5. The van der Waals surface area contributed by atoms with Crippen LogP contribution in [0.4, 0.5) is 22.5 Å². The van der Waals surface area contributed by atoms with Crippen LogP contribution in [-0.4, -0.2) is 55.3 Å². The summed E-state index contributed by atoms with van der Waals surface area (Å²) in [7, 11) is 3.36. The molecule has 3 aliphatic heterocycles. The van der Waals surface area contributed by atoms with Gasteiger partial charge in [-0.1, -0.05) is 12.5 Å². The van der Waals surface area contributed by atoms with Gasteiger partial charge >= 0.3 is 6.01 Å². The molecule has 41 heavy (non-hydrogen) atoms. The summed E-state index contributed by atoms with van der Waals surface area (Å²) in [5, 5.41) is 23.7. The van der Waals surface area contributed by atoms with Gasteiger partial charge in [0.15, 0.2) is 11.6 Å². The molecule has 2 fully saturated rings. The number of anilines is 4. The molecular weight excluding hydrogens is 557 g/mol. The largest absolute Gasteiger partial charge is 0.467 e. The Morgan fingerprint density at radius 2 is 1.88 bits per heavy atom. The summed E-state index contributed by atoms with van der Waals surface area (Å²) in [5.41, 5.74) is 15.0. The number of nitrogens with zero attached hydrogens (tertiary/aromatic N) is 7. The lowest BCUT2D eigenvalue weighted by Crippen LogP contribution is -2.57. The molecule has 1 unspecified atom stereocenters. The van der Waals surface area contributed by atoms with E-state index < -0.39 is 0 Å². The summed E-state index contributed by atoms with van der Waals surface area (Å²) in [5.74, 6) is 2.21. The zero-order chi connectivity index (χ0) is 29.1. The predicted octanol–water partition coefficient (Wildman–Crippen LogP) is 3.77. The van der Waals surface area contributed by atoms with E-state index in [9.17, 15) is 10.5 Å². The number of fused-ring (bicyclic) bond motifs is 2. The Labute approximate surface area is 248 Å². The van der Waals surface area contributed by atoms with E-state index in [2.05, 4.69) is 32.4 Å². The van der Waals surface area contributed by atoms with Crippen molar-refractivity contribution in [3.8, 4) is 18.1 Å². The average Bonchev–Trinajstić information content (AvgIpc) is 3.51. The molecule has 0 aromatic carbocycles. The van der Waals surface area contributed by atoms with E-state index in [4.69, 9.17) is 16.2 Å². The van der Waals surface area contributed by atoms with Crippen molar-refractivity contribution in [2.45, 2.75) is 42.7 Å². The summed E-state index contributed by atoms with van der Waals surface area (Å²) in [6.45, 7) is 5.69. The maximum atomic E-state index is 10.2. The molecule has 1 atom stereocenters. The number of hydrogen-bond acceptors (Lipinski definition) is 13. The zero-order valence-electron chi connectivity index (χ0n) is 23.5. The van der Waals surface area contributed by atoms with E-state index in [1.807, 2.05) is 47.7 Å². The molecule has 3 aromatic rings. The fourth-order valence-electron chi connectivity index (χ4n) is 5.51. The first-order chi connectivity index (χ1) is 19.8. The average molecular weight is 591 g/mol. The number of ether oxygens (including phenoxy) is 1. The van der Waals surface area contributed by atoms with E-state index in [0.717, 1.165) is 21.8 Å². The standard InChI is InChI=1S/C23H23N9OS2.C5H11N/c1-12(13-5-4-6-28-18(13)26)31(2)20-15(8-25)21(30-22(29-20)33-3)32-10-23(11-32)17-14(7-24)19(27)35-16(17)9-34-23;1-2-4-6-5-3-1/h4-6,12H,9-11,27H2,1-3H3,(H2,26,28);6H,1-5H2. The van der Waals surface area contributed by atoms with Crippen molar-refractivity contribution in [1.82, 2.24) is 20.3 Å². The number of hydrogen-bond donors (Lipinski definition) is 3. The second-order valence-electron chi connectivity index (χ2n) is 10.3. The van der Waals surface area contributed by atoms with Crippen LogP contribution in [0.2, 0.25) is 0 Å². The van der Waals surface area contributed by atoms with Crippen molar-refractivity contribution in [3.63, 3.8) is 0 Å². The molecule has 11 nitrogen and oxygen atoms in total. The van der Waals surface area contributed by atoms with Crippen LogP contribution < -0.4 is 31.3 Å². The minimum atomic E-state index is -0.233. The summed E-state index contributed by atoms with van der Waals surface area (Å²) in [6.07, 6.45) is 5.86. The normalized spacial score (nSPS) is 17.3. The van der Waals surface area contributed by atoms with E-state index >= 15 is 0 Å². The van der Waals surface area contributed by atoms with Crippen LogP contribution >= 0.6 is 23.1 Å². The molecule has 2 saturated heterocycles. The van der Waals surface area contributed by atoms with Crippen molar-refractivity contribution in [2.24, 2.45) is 0 Å². The van der Waals surface area contributed by atoms with Crippen molar-refractivity contribution < 1.29 is 4.74 Å². The molecule has 3 aromatic heterocycles. The van der Waals surface area contributed by atoms with Crippen LogP contribution in [0.25, 0.3) is 0 Å². The molecule has 6 rings (SSSR count). The quantitative estimate of drug-likeness (QED) is 0.394. The Morgan fingerprint density at radius 3 is 2.46 bits per heavy atom. The minimum Gasteiger partial charge on any atom is -0.467 e. The van der Waals surface area contributed by atoms with Gasteiger partial charge in [-0.25, -0.2) is 4.98 Å². The third-order valence-electron chi connectivity index (χ3n) is 7.84. The van der Waals surface area contributed by atoms with Gasteiger partial charge in [-0.15, -0.1) is 23.1 Å². The number of nitrogens with one attached hydrogen (secondary N) is 1. The Bertz CT molecular complexity index is 1490. The molecule has 0 aliphatic carbocycles. The lowest BCUT2D eigenvalue weighted by Gasteiger charge is -2.48. The monoisotopic (exact) mass is 590 g/mol. The van der Waals surface area contributed by atoms with Crippen LogP contribution in [0.3, 0.4) is 0 Å². The highest BCUT2D eigenvalue weighted by molar-refractivity contribution is 8.00. The topological polar surface area (TPSA) is 166 Å². The Morgan fingerprint density at radius 1 is 1.15 bits per heavy atom. The number of thioether (sulfide) groups is 1. The summed E-state index contributed by atoms with van der Waals surface area (Å²) < 4.78 is 5.17. The number of nitrogens with two attached hydrogens (primary N) is 2. The van der Waals surface area contributed by atoms with Gasteiger partial charge in [0, 0.05) is 48.1 Å². The molecular formula is C28H34N10OS2. The molecule has 3 aliphatic rings. The third kappa shape index (κ3) is 5.33. The van der Waals surface area contributed by atoms with E-state index in [-0.39, 0.29) is 16.8 Å². The number of nitrogen functional groups attached to an aromatic ring is 2. The molecule has 6 heterocycles. The van der Waals surface area contributed by atoms with Crippen molar-refractivity contribution in [3.05, 3.63) is 45.5 Å². The molecule has 0 bridgehead atoms. The molecule has 5 N–H and O–H groups in total. The second kappa shape index (κ2) is 12.0. The summed E-state index contributed by atoms with van der Waals surface area (Å²) >= 11 is 3.31. The van der Waals surface area contributed by atoms with Gasteiger partial charge in [0.25, 0.3) is 0 Å². The lowest BCUT2D eigenvalue weighted by molar-refractivity contribution is 0.377. The number of rotatable bonds is 5. The van der Waals surface area contributed by atoms with Crippen LogP contribution in [0.15, 0.2) is 18.3 Å². The van der Waals surface area contributed by atoms with Crippen molar-refractivity contribution in [1.29, 1.82) is 10.5 Å². The highest BCUT2D eigenvalue weighted by Crippen LogP contribution is 2.58. The first-order valence-corrected chi connectivity index (χ1v) is 15.3. The van der Waals surface area contributed by atoms with E-state index in [0.29, 0.717) is 46.7 Å². The van der Waals surface area contributed by atoms with Crippen LogP contribution in [0.5, 0.6) is 6.01 Å². The maximum Gasteiger partial charge on any atom is 0.320 e. The smallest absolute Gasteiger partial charge is 0.320 e. The number of thiophene rings is 1. The Hall–Kier alpha value is -3.78. The number of nitriles is 2. The number of aromatic nitrogens is 3. The van der Waals surface area contributed by atoms with Crippen LogP contribution in [0, 0.1) is 22.7 Å². The van der Waals surface area contributed by atoms with E-state index in [1.54, 1.807) is 6.20 Å². The number of methoxy groups -OCH3 is 1. The maximum absolute atomic E-state index is 10.2. The fraction of sp³-hybridized carbons (Fsp3) is 0.464. The van der Waals surface area contributed by atoms with Gasteiger partial charge in [-0.3, -0.25) is 0 Å². The first-order valence-electron chi connectivity index (χ1n) is 13.5. The van der Waals surface area contributed by atoms with Crippen LogP contribution in [0.1, 0.15) is 59.4 Å². The van der Waals surface area contributed by atoms with Gasteiger partial charge < -0.3 is 31.3 Å². The van der Waals surface area contributed by atoms with Gasteiger partial charge in [0.05, 0.1) is 23.5 Å². The van der Waals surface area contributed by atoms with Crippen molar-refractivity contribution in [2.75, 3.05) is 61.6 Å². The molecule has 0 saturated carbocycles. The molecule has 1 spiro atoms. The van der Waals surface area contributed by atoms with Crippen LogP contribution in [-0.2, 0) is 10.5 Å². The fourth-order valence-corrected chi connectivity index (χ4v) is 8.32. The van der Waals surface area contributed by atoms with Gasteiger partial charge in [0.1, 0.15) is 28.5 Å². The molecule has 214 valence electrons. The summed E-state index contributed by atoms with van der Waals surface area (Å²) in [6, 6.07) is 8.29. The Kier molecular flexibility index (Phi) is 8.40. The van der Waals surface area contributed by atoms with Crippen molar-refractivity contribution >= 4 is 45.6 Å². The molecule has 13 heteroatoms. The highest BCUT2D eigenvalue weighted by Gasteiger charge is 2.53. The molecule has 0 amide bonds. The minimum absolute atomic E-state index is 0.172. The molecule has 0 radical (unpaired) electrons. The lowest BCUT2D eigenvalue weighted by atomic mass is 9.88. The first kappa shape index (κ1) is 28.7. The number of pyridine rings is 1. The highest BCUT2D eigenvalue weighted by atomic mass is 32.2. The predicted molar refractivity (Wildman–Crippen MR) is 164 cm³/mol. The zero-order valence-corrected chi connectivity index (χ0v) is 25.1.